The van der Waals surface area contributed by atoms with E-state index in [4.69, 9.17) is 0 Å². The zero-order valence-corrected chi connectivity index (χ0v) is 11.3. The molecular formula is C12H16BrFN2O. The normalized spacial score (nSPS) is 10.3. The fourth-order valence-corrected chi connectivity index (χ4v) is 1.84. The Morgan fingerprint density at radius 2 is 2.12 bits per heavy atom. The number of hydrogen-bond donors (Lipinski definition) is 2. The lowest BCUT2D eigenvalue weighted by Gasteiger charge is -2.06. The number of hydrogen-bond acceptors (Lipinski definition) is 2. The van der Waals surface area contributed by atoms with E-state index >= 15 is 0 Å². The number of amides is 1. The van der Waals surface area contributed by atoms with Gasteiger partial charge in [-0.25, -0.2) is 4.39 Å². The van der Waals surface area contributed by atoms with Crippen molar-refractivity contribution in [3.63, 3.8) is 0 Å². The van der Waals surface area contributed by atoms with E-state index in [1.165, 1.54) is 12.1 Å². The predicted molar refractivity (Wildman–Crippen MR) is 69.6 cm³/mol. The number of halogens is 2. The van der Waals surface area contributed by atoms with E-state index in [0.717, 1.165) is 19.5 Å². The summed E-state index contributed by atoms with van der Waals surface area (Å²) in [6.07, 6.45) is 0.857. The second kappa shape index (κ2) is 7.40. The van der Waals surface area contributed by atoms with Crippen LogP contribution in [0.3, 0.4) is 0 Å². The second-order valence-electron chi connectivity index (χ2n) is 3.62. The number of rotatable bonds is 6. The molecule has 0 fully saturated rings. The first-order chi connectivity index (χ1) is 8.13. The van der Waals surface area contributed by atoms with E-state index in [1.54, 1.807) is 6.07 Å². The van der Waals surface area contributed by atoms with Crippen LogP contribution in [-0.2, 0) is 0 Å². The standard InChI is InChI=1S/C12H16BrFN2O/c1-2-15-4-3-5-16-12(17)9-6-10(13)8-11(14)7-9/h6-8,15H,2-5H2,1H3,(H,16,17). The fraction of sp³-hybridized carbons (Fsp3) is 0.417. The van der Waals surface area contributed by atoms with Gasteiger partial charge in [-0.05, 0) is 37.7 Å². The molecule has 1 aromatic carbocycles. The van der Waals surface area contributed by atoms with Crippen molar-refractivity contribution in [2.75, 3.05) is 19.6 Å². The third-order valence-corrected chi connectivity index (χ3v) is 2.65. The van der Waals surface area contributed by atoms with Gasteiger partial charge in [0.2, 0.25) is 0 Å². The van der Waals surface area contributed by atoms with Gasteiger partial charge in [0.15, 0.2) is 0 Å². The van der Waals surface area contributed by atoms with Crippen LogP contribution in [0.25, 0.3) is 0 Å². The lowest BCUT2D eigenvalue weighted by atomic mass is 10.2. The summed E-state index contributed by atoms with van der Waals surface area (Å²) in [6, 6.07) is 4.15. The van der Waals surface area contributed by atoms with E-state index in [1.807, 2.05) is 6.92 Å². The molecule has 0 radical (unpaired) electrons. The molecule has 0 saturated heterocycles. The second-order valence-corrected chi connectivity index (χ2v) is 4.54. The molecule has 3 nitrogen and oxygen atoms in total. The minimum absolute atomic E-state index is 0.248. The van der Waals surface area contributed by atoms with Crippen molar-refractivity contribution in [1.29, 1.82) is 0 Å². The van der Waals surface area contributed by atoms with Crippen LogP contribution in [0.15, 0.2) is 22.7 Å². The summed E-state index contributed by atoms with van der Waals surface area (Å²) in [6.45, 7) is 4.40. The molecule has 0 aliphatic heterocycles. The minimum Gasteiger partial charge on any atom is -0.352 e. The molecule has 17 heavy (non-hydrogen) atoms. The summed E-state index contributed by atoms with van der Waals surface area (Å²) in [7, 11) is 0. The van der Waals surface area contributed by atoms with Crippen molar-refractivity contribution >= 4 is 21.8 Å². The van der Waals surface area contributed by atoms with Gasteiger partial charge in [0, 0.05) is 16.6 Å². The summed E-state index contributed by atoms with van der Waals surface area (Å²) in [5, 5.41) is 5.91. The van der Waals surface area contributed by atoms with Gasteiger partial charge >= 0.3 is 0 Å². The summed E-state index contributed by atoms with van der Waals surface area (Å²) >= 11 is 3.15. The lowest BCUT2D eigenvalue weighted by Crippen LogP contribution is -2.27. The minimum atomic E-state index is -0.419. The Morgan fingerprint density at radius 3 is 2.76 bits per heavy atom. The van der Waals surface area contributed by atoms with Crippen molar-refractivity contribution in [3.05, 3.63) is 34.1 Å². The molecular weight excluding hydrogens is 287 g/mol. The summed E-state index contributed by atoms with van der Waals surface area (Å²) in [5.41, 5.74) is 0.334. The van der Waals surface area contributed by atoms with Crippen molar-refractivity contribution in [2.45, 2.75) is 13.3 Å². The van der Waals surface area contributed by atoms with Gasteiger partial charge in [0.05, 0.1) is 0 Å². The molecule has 94 valence electrons. The Morgan fingerprint density at radius 1 is 1.35 bits per heavy atom. The molecule has 1 aromatic rings. The molecule has 5 heteroatoms. The maximum atomic E-state index is 13.1. The van der Waals surface area contributed by atoms with E-state index in [9.17, 15) is 9.18 Å². The first-order valence-corrected chi connectivity index (χ1v) is 6.37. The third-order valence-electron chi connectivity index (χ3n) is 2.19. The van der Waals surface area contributed by atoms with Gasteiger partial charge < -0.3 is 10.6 Å². The molecule has 0 unspecified atom stereocenters. The van der Waals surface area contributed by atoms with Gasteiger partial charge in [0.1, 0.15) is 5.82 Å². The van der Waals surface area contributed by atoms with Crippen LogP contribution in [0, 0.1) is 5.82 Å². The monoisotopic (exact) mass is 302 g/mol. The maximum absolute atomic E-state index is 13.1. The molecule has 0 atom stereocenters. The van der Waals surface area contributed by atoms with Crippen LogP contribution in [0.5, 0.6) is 0 Å². The summed E-state index contributed by atoms with van der Waals surface area (Å²) in [5.74, 6) is -0.668. The smallest absolute Gasteiger partial charge is 0.251 e. The molecule has 2 N–H and O–H groups in total. The Balaban J connectivity index is 2.41. The molecule has 0 heterocycles. The molecule has 0 aliphatic carbocycles. The zero-order chi connectivity index (χ0) is 12.7. The highest BCUT2D eigenvalue weighted by molar-refractivity contribution is 9.10. The highest BCUT2D eigenvalue weighted by atomic mass is 79.9. The Kier molecular flexibility index (Phi) is 6.15. The molecule has 1 rings (SSSR count). The molecule has 0 saturated carbocycles. The quantitative estimate of drug-likeness (QED) is 0.792. The van der Waals surface area contributed by atoms with Crippen molar-refractivity contribution in [1.82, 2.24) is 10.6 Å². The summed E-state index contributed by atoms with van der Waals surface area (Å²) < 4.78 is 13.6. The number of nitrogens with one attached hydrogen (secondary N) is 2. The van der Waals surface area contributed by atoms with Gasteiger partial charge in [0.25, 0.3) is 5.91 Å². The Bertz CT molecular complexity index is 365. The van der Waals surface area contributed by atoms with E-state index < -0.39 is 5.82 Å². The molecule has 0 aromatic heterocycles. The molecule has 0 aliphatic rings. The fourth-order valence-electron chi connectivity index (χ4n) is 1.38. The van der Waals surface area contributed by atoms with Crippen LogP contribution in [0.1, 0.15) is 23.7 Å². The highest BCUT2D eigenvalue weighted by Gasteiger charge is 2.07. The van der Waals surface area contributed by atoms with Gasteiger partial charge in [-0.3, -0.25) is 4.79 Å². The number of benzene rings is 1. The zero-order valence-electron chi connectivity index (χ0n) is 9.72. The van der Waals surface area contributed by atoms with Gasteiger partial charge in [-0.15, -0.1) is 0 Å². The molecule has 1 amide bonds. The van der Waals surface area contributed by atoms with Crippen LogP contribution >= 0.6 is 15.9 Å². The maximum Gasteiger partial charge on any atom is 0.251 e. The highest BCUT2D eigenvalue weighted by Crippen LogP contribution is 2.14. The average molecular weight is 303 g/mol. The predicted octanol–water partition coefficient (Wildman–Crippen LogP) is 2.32. The first kappa shape index (κ1) is 14.1. The van der Waals surface area contributed by atoms with E-state index in [2.05, 4.69) is 26.6 Å². The van der Waals surface area contributed by atoms with Crippen molar-refractivity contribution in [3.8, 4) is 0 Å². The van der Waals surface area contributed by atoms with E-state index in [0.29, 0.717) is 16.6 Å². The molecule has 0 spiro atoms. The Hall–Kier alpha value is -0.940. The average Bonchev–Trinajstić information content (AvgIpc) is 2.27. The van der Waals surface area contributed by atoms with Crippen molar-refractivity contribution < 1.29 is 9.18 Å². The van der Waals surface area contributed by atoms with Crippen LogP contribution < -0.4 is 10.6 Å². The van der Waals surface area contributed by atoms with Crippen LogP contribution in [0.2, 0.25) is 0 Å². The number of carbonyl (C=O) groups is 1. The third kappa shape index (κ3) is 5.28. The SMILES string of the molecule is CCNCCCNC(=O)c1cc(F)cc(Br)c1. The van der Waals surface area contributed by atoms with E-state index in [-0.39, 0.29) is 5.91 Å². The molecule has 0 bridgehead atoms. The number of carbonyl (C=O) groups excluding carboxylic acids is 1. The van der Waals surface area contributed by atoms with Crippen LogP contribution in [0.4, 0.5) is 4.39 Å². The van der Waals surface area contributed by atoms with Gasteiger partial charge in [-0.2, -0.15) is 0 Å². The summed E-state index contributed by atoms with van der Waals surface area (Å²) in [4.78, 5) is 11.7. The largest absolute Gasteiger partial charge is 0.352 e. The lowest BCUT2D eigenvalue weighted by molar-refractivity contribution is 0.0952. The Labute approximate surface area is 109 Å². The van der Waals surface area contributed by atoms with Gasteiger partial charge in [-0.1, -0.05) is 22.9 Å². The first-order valence-electron chi connectivity index (χ1n) is 5.58. The van der Waals surface area contributed by atoms with Crippen LogP contribution in [-0.4, -0.2) is 25.5 Å². The van der Waals surface area contributed by atoms with Crippen molar-refractivity contribution in [2.24, 2.45) is 0 Å². The topological polar surface area (TPSA) is 41.1 Å².